The fourth-order valence-corrected chi connectivity index (χ4v) is 4.99. The molecule has 3 atom stereocenters. The fraction of sp³-hybridized carbons (Fsp3) is 0.474. The van der Waals surface area contributed by atoms with Crippen molar-refractivity contribution in [1.29, 1.82) is 0 Å². The highest BCUT2D eigenvalue weighted by atomic mass is 35.5. The number of halogens is 3. The minimum Gasteiger partial charge on any atom is -0.377 e. The van der Waals surface area contributed by atoms with Crippen LogP contribution in [0.1, 0.15) is 20.3 Å². The molecule has 2 aliphatic rings. The van der Waals surface area contributed by atoms with E-state index in [0.29, 0.717) is 17.7 Å². The van der Waals surface area contributed by atoms with Crippen molar-refractivity contribution in [2.45, 2.75) is 32.4 Å². The lowest BCUT2D eigenvalue weighted by Gasteiger charge is -2.58. The Kier molecular flexibility index (Phi) is 4.27. The van der Waals surface area contributed by atoms with Gasteiger partial charge in [0.2, 0.25) is 0 Å². The third-order valence-electron chi connectivity index (χ3n) is 5.87. The van der Waals surface area contributed by atoms with E-state index in [1.165, 1.54) is 6.20 Å². The van der Waals surface area contributed by atoms with Crippen LogP contribution >= 0.6 is 11.6 Å². The Morgan fingerprint density at radius 1 is 1.37 bits per heavy atom. The van der Waals surface area contributed by atoms with E-state index in [1.807, 2.05) is 11.9 Å². The van der Waals surface area contributed by atoms with E-state index in [2.05, 4.69) is 18.9 Å². The molecule has 0 spiro atoms. The first-order chi connectivity index (χ1) is 12.7. The number of hydrogen-bond acceptors (Lipinski definition) is 4. The zero-order valence-corrected chi connectivity index (χ0v) is 16.0. The summed E-state index contributed by atoms with van der Waals surface area (Å²) in [5, 5.41) is 4.03. The van der Waals surface area contributed by atoms with Crippen LogP contribution in [0.2, 0.25) is 5.02 Å². The first-order valence-corrected chi connectivity index (χ1v) is 9.19. The van der Waals surface area contributed by atoms with E-state index >= 15 is 0 Å². The predicted octanol–water partition coefficient (Wildman–Crippen LogP) is 3.41. The Balaban J connectivity index is 1.71. The van der Waals surface area contributed by atoms with Gasteiger partial charge in [0, 0.05) is 37.1 Å². The molecule has 1 aliphatic carbocycles. The molecule has 1 aromatic heterocycles. The Hall–Kier alpha value is -1.99. The summed E-state index contributed by atoms with van der Waals surface area (Å²) in [6, 6.07) is 3.09. The molecule has 0 unspecified atom stereocenters. The van der Waals surface area contributed by atoms with Gasteiger partial charge in [-0.3, -0.25) is 4.79 Å². The summed E-state index contributed by atoms with van der Waals surface area (Å²) in [6.45, 7) is 5.01. The average molecular weight is 396 g/mol. The van der Waals surface area contributed by atoms with Crippen LogP contribution in [0.25, 0.3) is 5.69 Å². The van der Waals surface area contributed by atoms with E-state index in [4.69, 9.17) is 16.3 Å². The summed E-state index contributed by atoms with van der Waals surface area (Å²) in [4.78, 5) is 14.7. The number of ether oxygens (including phenoxy) is 1. The zero-order valence-electron chi connectivity index (χ0n) is 15.2. The van der Waals surface area contributed by atoms with Crippen LogP contribution in [-0.2, 0) is 4.74 Å². The van der Waals surface area contributed by atoms with E-state index in [9.17, 15) is 13.6 Å². The van der Waals surface area contributed by atoms with Crippen molar-refractivity contribution in [2.24, 2.45) is 11.3 Å². The molecule has 4 rings (SSSR count). The summed E-state index contributed by atoms with van der Waals surface area (Å²) < 4.78 is 33.8. The van der Waals surface area contributed by atoms with E-state index in [1.54, 1.807) is 0 Å². The molecule has 8 heteroatoms. The maximum atomic E-state index is 14.0. The molecule has 0 radical (unpaired) electrons. The van der Waals surface area contributed by atoms with E-state index in [-0.39, 0.29) is 28.3 Å². The Labute approximate surface area is 160 Å². The topological polar surface area (TPSA) is 47.4 Å². The lowest BCUT2D eigenvalue weighted by molar-refractivity contribution is -0.101. The lowest BCUT2D eigenvalue weighted by Crippen LogP contribution is -2.66. The van der Waals surface area contributed by atoms with Crippen molar-refractivity contribution in [2.75, 3.05) is 18.6 Å². The van der Waals surface area contributed by atoms with Crippen LogP contribution in [0, 0.1) is 23.0 Å². The number of nitrogens with zero attached hydrogens (tertiary/aromatic N) is 3. The van der Waals surface area contributed by atoms with Gasteiger partial charge >= 0.3 is 0 Å². The smallest absolute Gasteiger partial charge is 0.292 e. The Morgan fingerprint density at radius 3 is 2.81 bits per heavy atom. The van der Waals surface area contributed by atoms with Crippen molar-refractivity contribution >= 4 is 17.3 Å². The molecule has 1 saturated carbocycles. The largest absolute Gasteiger partial charge is 0.377 e. The number of hydrogen-bond donors (Lipinski definition) is 0. The SMILES string of the molecule is CN(c1cnn(-c2ccc(F)cc2F)c(=O)c1Cl)[C@@H]1[C@@H]2CCO[C@@H]2C1(C)C. The number of benzene rings is 1. The van der Waals surface area contributed by atoms with Crippen LogP contribution in [0.15, 0.2) is 29.2 Å². The summed E-state index contributed by atoms with van der Waals surface area (Å²) >= 11 is 6.35. The third kappa shape index (κ3) is 2.67. The van der Waals surface area contributed by atoms with Crippen molar-refractivity contribution in [3.05, 3.63) is 51.4 Å². The maximum absolute atomic E-state index is 14.0. The van der Waals surface area contributed by atoms with Gasteiger partial charge < -0.3 is 9.64 Å². The molecule has 0 bridgehead atoms. The van der Waals surface area contributed by atoms with Gasteiger partial charge in [0.25, 0.3) is 5.56 Å². The molecule has 27 heavy (non-hydrogen) atoms. The molecule has 1 saturated heterocycles. The van der Waals surface area contributed by atoms with Gasteiger partial charge in [-0.15, -0.1) is 0 Å². The summed E-state index contributed by atoms with van der Waals surface area (Å²) in [5.41, 5.74) is -0.394. The molecule has 0 N–H and O–H groups in total. The zero-order chi connectivity index (χ0) is 19.5. The van der Waals surface area contributed by atoms with Gasteiger partial charge in [0.1, 0.15) is 16.5 Å². The average Bonchev–Trinajstić information content (AvgIpc) is 3.04. The monoisotopic (exact) mass is 395 g/mol. The molecular weight excluding hydrogens is 376 g/mol. The molecule has 2 heterocycles. The predicted molar refractivity (Wildman–Crippen MR) is 98.6 cm³/mol. The molecule has 1 aromatic carbocycles. The second-order valence-electron chi connectivity index (χ2n) is 7.78. The molecule has 5 nitrogen and oxygen atoms in total. The summed E-state index contributed by atoms with van der Waals surface area (Å²) in [7, 11) is 1.88. The highest BCUT2D eigenvalue weighted by Gasteiger charge is 2.61. The van der Waals surface area contributed by atoms with Crippen molar-refractivity contribution in [3.63, 3.8) is 0 Å². The van der Waals surface area contributed by atoms with Crippen LogP contribution in [-0.4, -0.2) is 35.6 Å². The molecule has 0 amide bonds. The van der Waals surface area contributed by atoms with Gasteiger partial charge in [-0.2, -0.15) is 9.78 Å². The second kappa shape index (κ2) is 6.27. The van der Waals surface area contributed by atoms with Crippen molar-refractivity contribution in [3.8, 4) is 5.69 Å². The second-order valence-corrected chi connectivity index (χ2v) is 8.16. The number of anilines is 1. The Morgan fingerprint density at radius 2 is 2.11 bits per heavy atom. The van der Waals surface area contributed by atoms with Crippen LogP contribution in [0.3, 0.4) is 0 Å². The standard InChI is InChI=1S/C19H20ClF2N3O2/c1-19(2)16(11-6-7-27-17(11)19)24(3)14-9-23-25(18(26)15(14)20)13-5-4-10(21)8-12(13)22/h4-5,8-9,11,16-17H,6-7H2,1-3H3/t11-,16+,17-/m0/s1. The van der Waals surface area contributed by atoms with E-state index < -0.39 is 17.2 Å². The lowest BCUT2D eigenvalue weighted by atomic mass is 9.56. The number of aromatic nitrogens is 2. The third-order valence-corrected chi connectivity index (χ3v) is 6.23. The minimum absolute atomic E-state index is 0.0469. The normalized spacial score (nSPS) is 25.8. The van der Waals surface area contributed by atoms with Crippen LogP contribution < -0.4 is 10.5 Å². The van der Waals surface area contributed by atoms with E-state index in [0.717, 1.165) is 29.8 Å². The molecular formula is C19H20ClF2N3O2. The maximum Gasteiger partial charge on any atom is 0.292 e. The molecule has 1 aliphatic heterocycles. The quantitative estimate of drug-likeness (QED) is 0.799. The minimum atomic E-state index is -0.882. The van der Waals surface area contributed by atoms with Crippen molar-refractivity contribution in [1.82, 2.24) is 9.78 Å². The van der Waals surface area contributed by atoms with Crippen molar-refractivity contribution < 1.29 is 13.5 Å². The Bertz CT molecular complexity index is 962. The summed E-state index contributed by atoms with van der Waals surface area (Å²) in [6.07, 6.45) is 2.61. The molecule has 2 aromatic rings. The van der Waals surface area contributed by atoms with Gasteiger partial charge in [0.05, 0.1) is 18.0 Å². The summed E-state index contributed by atoms with van der Waals surface area (Å²) in [5.74, 6) is -1.24. The van der Waals surface area contributed by atoms with Gasteiger partial charge in [-0.1, -0.05) is 25.4 Å². The molecule has 144 valence electrons. The first-order valence-electron chi connectivity index (χ1n) is 8.81. The van der Waals surface area contributed by atoms with Gasteiger partial charge in [0.15, 0.2) is 5.82 Å². The highest BCUT2D eigenvalue weighted by Crippen LogP contribution is 2.55. The highest BCUT2D eigenvalue weighted by molar-refractivity contribution is 6.33. The van der Waals surface area contributed by atoms with Crippen LogP contribution in [0.4, 0.5) is 14.5 Å². The molecule has 2 fully saturated rings. The van der Waals surface area contributed by atoms with Gasteiger partial charge in [-0.05, 0) is 18.6 Å². The number of fused-ring (bicyclic) bond motifs is 1. The van der Waals surface area contributed by atoms with Crippen LogP contribution in [0.5, 0.6) is 0 Å². The first kappa shape index (κ1) is 18.4. The van der Waals surface area contributed by atoms with Gasteiger partial charge in [-0.25, -0.2) is 8.78 Å². The fourth-order valence-electron chi connectivity index (χ4n) is 4.73. The number of rotatable bonds is 3.